The molecule has 10 aromatic rings. The molecule has 0 N–H and O–H groups in total. The SMILES string of the molecule is [2H]c1c([2H])c(N(c2ccc(-c3ccc(-c4ccccc4)cc3)cc2)c2cc3ccccc3c3ccccc23)c([2H])c([2H])c1-c1ccc2c(ccc3ccccc32)c1. The van der Waals surface area contributed by atoms with Crippen LogP contribution in [0.4, 0.5) is 17.1 Å². The van der Waals surface area contributed by atoms with Crippen molar-refractivity contribution in [2.24, 2.45) is 0 Å². The molecule has 1 heteroatoms. The lowest BCUT2D eigenvalue weighted by atomic mass is 9.97. The number of benzene rings is 10. The molecule has 0 saturated carbocycles. The molecule has 0 aliphatic heterocycles. The Bertz CT molecular complexity index is 3130. The fourth-order valence-corrected chi connectivity index (χ4v) is 7.63. The number of fused-ring (bicyclic) bond motifs is 6. The summed E-state index contributed by atoms with van der Waals surface area (Å²) < 4.78 is 38.2. The van der Waals surface area contributed by atoms with Gasteiger partial charge >= 0.3 is 0 Å². The second kappa shape index (κ2) is 13.0. The molecule has 0 fully saturated rings. The van der Waals surface area contributed by atoms with E-state index in [4.69, 9.17) is 0 Å². The highest BCUT2D eigenvalue weighted by Gasteiger charge is 2.18. The quantitative estimate of drug-likeness (QED) is 0.158. The highest BCUT2D eigenvalue weighted by atomic mass is 15.1. The third-order valence-corrected chi connectivity index (χ3v) is 10.3. The van der Waals surface area contributed by atoms with Gasteiger partial charge in [0, 0.05) is 16.8 Å². The van der Waals surface area contributed by atoms with Gasteiger partial charge in [-0.15, -0.1) is 0 Å². The molecule has 0 spiro atoms. The number of hydrogen-bond donors (Lipinski definition) is 0. The molecule has 0 atom stereocenters. The smallest absolute Gasteiger partial charge is 0.0645 e. The van der Waals surface area contributed by atoms with Gasteiger partial charge in [0.2, 0.25) is 0 Å². The van der Waals surface area contributed by atoms with Crippen molar-refractivity contribution in [1.82, 2.24) is 0 Å². The maximum absolute atomic E-state index is 9.63. The zero-order valence-corrected chi connectivity index (χ0v) is 28.8. The monoisotopic (exact) mass is 677 g/mol. The van der Waals surface area contributed by atoms with Crippen LogP contribution in [-0.4, -0.2) is 0 Å². The Morgan fingerprint density at radius 3 is 1.45 bits per heavy atom. The second-order valence-electron chi connectivity index (χ2n) is 13.4. The molecule has 0 aliphatic rings. The first kappa shape index (κ1) is 26.8. The summed E-state index contributed by atoms with van der Waals surface area (Å²) >= 11 is 0. The summed E-state index contributed by atoms with van der Waals surface area (Å²) in [5.74, 6) is 0. The highest BCUT2D eigenvalue weighted by molar-refractivity contribution is 6.14. The van der Waals surface area contributed by atoms with Crippen LogP contribution in [0.25, 0.3) is 76.5 Å². The molecule has 0 heterocycles. The molecule has 0 bridgehead atoms. The fraction of sp³-hybridized carbons (Fsp3) is 0. The van der Waals surface area contributed by atoms with Gasteiger partial charge in [-0.3, -0.25) is 0 Å². The summed E-state index contributed by atoms with van der Waals surface area (Å²) in [6.07, 6.45) is 0. The molecule has 10 aromatic carbocycles. The Labute approximate surface area is 315 Å². The average molecular weight is 678 g/mol. The minimum atomic E-state index is -0.109. The molecule has 1 nitrogen and oxygen atoms in total. The summed E-state index contributed by atoms with van der Waals surface area (Å²) in [6, 6.07) is 63.4. The molecule has 0 aromatic heterocycles. The third kappa shape index (κ3) is 5.60. The molecule has 10 rings (SSSR count). The van der Waals surface area contributed by atoms with E-state index in [1.165, 1.54) is 0 Å². The first-order valence-electron chi connectivity index (χ1n) is 19.9. The van der Waals surface area contributed by atoms with Gasteiger partial charge < -0.3 is 4.90 Å². The molecule has 248 valence electrons. The average Bonchev–Trinajstić information content (AvgIpc) is 3.27. The predicted octanol–water partition coefficient (Wildman–Crippen LogP) is 14.8. The van der Waals surface area contributed by atoms with Crippen LogP contribution < -0.4 is 4.90 Å². The van der Waals surface area contributed by atoms with Crippen LogP contribution in [0.15, 0.2) is 212 Å². The van der Waals surface area contributed by atoms with E-state index in [-0.39, 0.29) is 35.4 Å². The molecule has 0 amide bonds. The molecule has 53 heavy (non-hydrogen) atoms. The van der Waals surface area contributed by atoms with Gasteiger partial charge in [-0.1, -0.05) is 176 Å². The van der Waals surface area contributed by atoms with E-state index < -0.39 is 0 Å². The summed E-state index contributed by atoms with van der Waals surface area (Å²) in [6.45, 7) is 0. The van der Waals surface area contributed by atoms with E-state index in [0.29, 0.717) is 5.56 Å². The van der Waals surface area contributed by atoms with Crippen LogP contribution in [0, 0.1) is 0 Å². The van der Waals surface area contributed by atoms with Crippen LogP contribution in [0.3, 0.4) is 0 Å². The predicted molar refractivity (Wildman–Crippen MR) is 227 cm³/mol. The van der Waals surface area contributed by atoms with Crippen molar-refractivity contribution >= 4 is 60.2 Å². The summed E-state index contributed by atoms with van der Waals surface area (Å²) in [4.78, 5) is 1.91. The van der Waals surface area contributed by atoms with Crippen molar-refractivity contribution in [2.75, 3.05) is 4.90 Å². The van der Waals surface area contributed by atoms with E-state index in [9.17, 15) is 5.48 Å². The minimum Gasteiger partial charge on any atom is -0.310 e. The van der Waals surface area contributed by atoms with E-state index in [1.54, 1.807) is 0 Å². The van der Waals surface area contributed by atoms with Crippen molar-refractivity contribution in [2.45, 2.75) is 0 Å². The van der Waals surface area contributed by atoms with E-state index in [0.717, 1.165) is 76.7 Å². The topological polar surface area (TPSA) is 3.24 Å². The van der Waals surface area contributed by atoms with Crippen LogP contribution in [0.2, 0.25) is 0 Å². The first-order valence-corrected chi connectivity index (χ1v) is 17.9. The van der Waals surface area contributed by atoms with E-state index >= 15 is 0 Å². The zero-order chi connectivity index (χ0) is 38.6. The molecule has 0 radical (unpaired) electrons. The van der Waals surface area contributed by atoms with Crippen molar-refractivity contribution in [3.05, 3.63) is 212 Å². The molecular formula is C52H35N. The lowest BCUT2D eigenvalue weighted by molar-refractivity contribution is 1.30. The summed E-state index contributed by atoms with van der Waals surface area (Å²) in [7, 11) is 0. The number of nitrogens with zero attached hydrogens (tertiary/aromatic N) is 1. The van der Waals surface area contributed by atoms with Crippen LogP contribution in [0.5, 0.6) is 0 Å². The number of rotatable bonds is 6. The Balaban J connectivity index is 1.15. The summed E-state index contributed by atoms with van der Waals surface area (Å²) in [5, 5.41) is 8.43. The number of hydrogen-bond acceptors (Lipinski definition) is 1. The normalized spacial score (nSPS) is 12.5. The van der Waals surface area contributed by atoms with E-state index in [2.05, 4.69) is 103 Å². The maximum atomic E-state index is 9.63. The zero-order valence-electron chi connectivity index (χ0n) is 32.8. The van der Waals surface area contributed by atoms with Gasteiger partial charge in [0.1, 0.15) is 0 Å². The highest BCUT2D eigenvalue weighted by Crippen LogP contribution is 2.43. The maximum Gasteiger partial charge on any atom is 0.0645 e. The number of anilines is 3. The van der Waals surface area contributed by atoms with Crippen molar-refractivity contribution < 1.29 is 5.48 Å². The van der Waals surface area contributed by atoms with Gasteiger partial charge in [-0.25, -0.2) is 0 Å². The lowest BCUT2D eigenvalue weighted by Crippen LogP contribution is -2.10. The van der Waals surface area contributed by atoms with Gasteiger partial charge in [0.05, 0.1) is 11.2 Å². The van der Waals surface area contributed by atoms with Crippen LogP contribution in [0.1, 0.15) is 5.48 Å². The van der Waals surface area contributed by atoms with Crippen molar-refractivity contribution in [3.63, 3.8) is 0 Å². The largest absolute Gasteiger partial charge is 0.310 e. The minimum absolute atomic E-state index is 0.0867. The third-order valence-electron chi connectivity index (χ3n) is 10.3. The standard InChI is InChI=1S/C52H35N/c1-2-10-36(11-3-1)37-18-20-38(21-19-37)39-24-29-45(30-25-39)53(52-35-43-13-5-7-15-48(43)50-16-8-9-17-51(50)52)46-31-26-40(27-32-46)42-28-33-49-44(34-42)23-22-41-12-4-6-14-47(41)49/h1-35H/i26D,27D,31D,32D. The van der Waals surface area contributed by atoms with Gasteiger partial charge in [-0.2, -0.15) is 0 Å². The second-order valence-corrected chi connectivity index (χ2v) is 13.4. The Morgan fingerprint density at radius 1 is 0.283 bits per heavy atom. The Morgan fingerprint density at radius 2 is 0.755 bits per heavy atom. The van der Waals surface area contributed by atoms with E-state index in [1.807, 2.05) is 89.8 Å². The Hall–Kier alpha value is -6.96. The molecular weight excluding hydrogens is 639 g/mol. The summed E-state index contributed by atoms with van der Waals surface area (Å²) in [5.41, 5.74) is 7.03. The van der Waals surface area contributed by atoms with Crippen LogP contribution >= 0.6 is 0 Å². The molecule has 0 aliphatic carbocycles. The van der Waals surface area contributed by atoms with Crippen LogP contribution in [-0.2, 0) is 0 Å². The Kier molecular flexibility index (Phi) is 6.56. The van der Waals surface area contributed by atoms with Gasteiger partial charge in [-0.05, 0) is 107 Å². The van der Waals surface area contributed by atoms with Gasteiger partial charge in [0.15, 0.2) is 0 Å². The van der Waals surface area contributed by atoms with Crippen molar-refractivity contribution in [1.29, 1.82) is 0 Å². The van der Waals surface area contributed by atoms with Crippen molar-refractivity contribution in [3.8, 4) is 33.4 Å². The molecule has 0 unspecified atom stereocenters. The van der Waals surface area contributed by atoms with Gasteiger partial charge in [0.25, 0.3) is 0 Å². The lowest BCUT2D eigenvalue weighted by Gasteiger charge is -2.28. The first-order chi connectivity index (χ1) is 27.9. The molecule has 0 saturated heterocycles. The fourth-order valence-electron chi connectivity index (χ4n) is 7.63.